The van der Waals surface area contributed by atoms with E-state index in [2.05, 4.69) is 27.0 Å². The molecule has 2 heterocycles. The summed E-state index contributed by atoms with van der Waals surface area (Å²) in [6.07, 6.45) is 2.86. The summed E-state index contributed by atoms with van der Waals surface area (Å²) in [4.78, 5) is 32.7. The summed E-state index contributed by atoms with van der Waals surface area (Å²) in [5.41, 5.74) is 7.82. The number of anilines is 2. The van der Waals surface area contributed by atoms with Gasteiger partial charge in [0.1, 0.15) is 10.5 Å². The predicted octanol–water partition coefficient (Wildman–Crippen LogP) is 3.21. The molecule has 2 atom stereocenters. The Labute approximate surface area is 226 Å². The zero-order valence-electron chi connectivity index (χ0n) is 21.7. The second-order valence-corrected chi connectivity index (χ2v) is 11.5. The number of aromatic nitrogens is 2. The van der Waals surface area contributed by atoms with Crippen LogP contribution >= 0.6 is 11.3 Å². The molecule has 2 aliphatic carbocycles. The number of ether oxygens (including phenoxy) is 1. The van der Waals surface area contributed by atoms with Crippen molar-refractivity contribution in [2.75, 3.05) is 38.1 Å². The van der Waals surface area contributed by atoms with Gasteiger partial charge < -0.3 is 15.4 Å². The molecule has 2 aromatic carbocycles. The molecule has 38 heavy (non-hydrogen) atoms. The van der Waals surface area contributed by atoms with Crippen molar-refractivity contribution in [2.45, 2.75) is 43.9 Å². The van der Waals surface area contributed by atoms with Crippen LogP contribution in [0.15, 0.2) is 48.5 Å². The molecule has 1 aliphatic heterocycles. The molecule has 3 aromatic rings. The number of nitrogens with two attached hydrogens (primary N) is 1. The molecule has 2 saturated carbocycles. The first-order chi connectivity index (χ1) is 18.4. The summed E-state index contributed by atoms with van der Waals surface area (Å²) in [6, 6.07) is 14.8. The number of piperazine rings is 1. The molecule has 1 aromatic heterocycles. The van der Waals surface area contributed by atoms with Crippen LogP contribution in [0.4, 0.5) is 10.8 Å². The Kier molecular flexibility index (Phi) is 6.51. The van der Waals surface area contributed by atoms with Crippen LogP contribution in [-0.4, -0.2) is 82.8 Å². The average molecular weight is 533 g/mol. The number of carbonyl (C=O) groups excluding carboxylic acids is 2. The number of rotatable bonds is 8. The lowest BCUT2D eigenvalue weighted by Gasteiger charge is -2.39. The largest absolute Gasteiger partial charge is 0.372 e. The maximum absolute atomic E-state index is 14.7. The molecule has 2 amide bonds. The van der Waals surface area contributed by atoms with E-state index in [-0.39, 0.29) is 18.1 Å². The van der Waals surface area contributed by atoms with Gasteiger partial charge in [0.15, 0.2) is 0 Å². The van der Waals surface area contributed by atoms with Crippen molar-refractivity contribution in [3.05, 3.63) is 59.7 Å². The van der Waals surface area contributed by atoms with E-state index in [1.165, 1.54) is 11.3 Å². The van der Waals surface area contributed by atoms with Crippen molar-refractivity contribution in [3.63, 3.8) is 0 Å². The molecule has 0 spiro atoms. The quantitative estimate of drug-likeness (QED) is 0.475. The molecule has 1 saturated heterocycles. The van der Waals surface area contributed by atoms with Gasteiger partial charge in [0.2, 0.25) is 11.0 Å². The van der Waals surface area contributed by atoms with Crippen molar-refractivity contribution in [1.82, 2.24) is 20.0 Å². The standard InChI is InChI=1S/C28H32N6O3S/c1-18-5-3-4-6-22(18)25-30-31-27(38-25)34(20-9-7-19(8-10-20)24(29)35)26(36)28(17-23(28)37-21-11-12-21)33-15-13-32(2)14-16-33/h3-10,21,23H,11-17H2,1-2H3,(H2,29,35). The molecular weight excluding hydrogens is 500 g/mol. The van der Waals surface area contributed by atoms with Gasteiger partial charge in [0, 0.05) is 43.7 Å². The number of hydrogen-bond acceptors (Lipinski definition) is 8. The molecule has 9 nitrogen and oxygen atoms in total. The Morgan fingerprint density at radius 2 is 1.76 bits per heavy atom. The Morgan fingerprint density at radius 3 is 2.42 bits per heavy atom. The second kappa shape index (κ2) is 9.85. The maximum Gasteiger partial charge on any atom is 0.256 e. The molecule has 3 fully saturated rings. The highest BCUT2D eigenvalue weighted by molar-refractivity contribution is 7.18. The number of amides is 2. The third-order valence-corrected chi connectivity index (χ3v) is 8.72. The van der Waals surface area contributed by atoms with E-state index in [1.54, 1.807) is 29.2 Å². The van der Waals surface area contributed by atoms with E-state index >= 15 is 0 Å². The van der Waals surface area contributed by atoms with Gasteiger partial charge in [-0.15, -0.1) is 10.2 Å². The summed E-state index contributed by atoms with van der Waals surface area (Å²) in [6.45, 7) is 5.43. The van der Waals surface area contributed by atoms with Crippen molar-refractivity contribution in [1.29, 1.82) is 0 Å². The molecule has 2 unspecified atom stereocenters. The van der Waals surface area contributed by atoms with Crippen molar-refractivity contribution < 1.29 is 14.3 Å². The highest BCUT2D eigenvalue weighted by atomic mass is 32.1. The Morgan fingerprint density at radius 1 is 1.05 bits per heavy atom. The maximum atomic E-state index is 14.7. The van der Waals surface area contributed by atoms with Gasteiger partial charge in [-0.2, -0.15) is 0 Å². The van der Waals surface area contributed by atoms with Gasteiger partial charge >= 0.3 is 0 Å². The summed E-state index contributed by atoms with van der Waals surface area (Å²) in [5.74, 6) is -0.576. The minimum atomic E-state index is -0.749. The third-order valence-electron chi connectivity index (χ3n) is 7.78. The fourth-order valence-corrected chi connectivity index (χ4v) is 6.18. The van der Waals surface area contributed by atoms with Gasteiger partial charge in [0.25, 0.3) is 5.91 Å². The van der Waals surface area contributed by atoms with Gasteiger partial charge in [-0.05, 0) is 56.6 Å². The van der Waals surface area contributed by atoms with Crippen LogP contribution in [0.5, 0.6) is 0 Å². The van der Waals surface area contributed by atoms with Crippen LogP contribution < -0.4 is 10.6 Å². The minimum Gasteiger partial charge on any atom is -0.372 e. The number of benzene rings is 2. The smallest absolute Gasteiger partial charge is 0.256 e. The third kappa shape index (κ3) is 4.62. The van der Waals surface area contributed by atoms with E-state index in [0.29, 0.717) is 22.8 Å². The summed E-state index contributed by atoms with van der Waals surface area (Å²) >= 11 is 1.38. The first-order valence-electron chi connectivity index (χ1n) is 13.1. The van der Waals surface area contributed by atoms with E-state index in [1.807, 2.05) is 31.2 Å². The lowest BCUT2D eigenvalue weighted by Crippen LogP contribution is -2.58. The first-order valence-corrected chi connectivity index (χ1v) is 13.9. The number of aryl methyl sites for hydroxylation is 1. The van der Waals surface area contributed by atoms with E-state index < -0.39 is 11.4 Å². The van der Waals surface area contributed by atoms with Crippen LogP contribution in [0.2, 0.25) is 0 Å². The number of nitrogens with zero attached hydrogens (tertiary/aromatic N) is 5. The van der Waals surface area contributed by atoms with Crippen molar-refractivity contribution in [2.24, 2.45) is 5.73 Å². The molecular formula is C28H32N6O3S. The zero-order chi connectivity index (χ0) is 26.4. The van der Waals surface area contributed by atoms with Crippen molar-refractivity contribution >= 4 is 34.0 Å². The van der Waals surface area contributed by atoms with E-state index in [4.69, 9.17) is 10.5 Å². The molecule has 10 heteroatoms. The van der Waals surface area contributed by atoms with Crippen molar-refractivity contribution in [3.8, 4) is 10.6 Å². The van der Waals surface area contributed by atoms with Gasteiger partial charge in [-0.25, -0.2) is 0 Å². The van der Waals surface area contributed by atoms with Gasteiger partial charge in [0.05, 0.1) is 17.9 Å². The van der Waals surface area contributed by atoms with Crippen LogP contribution in [-0.2, 0) is 9.53 Å². The van der Waals surface area contributed by atoms with Crippen LogP contribution in [0.3, 0.4) is 0 Å². The van der Waals surface area contributed by atoms with Crippen LogP contribution in [0.1, 0.15) is 35.2 Å². The molecule has 0 bridgehead atoms. The second-order valence-electron chi connectivity index (χ2n) is 10.5. The minimum absolute atomic E-state index is 0.0630. The average Bonchev–Trinajstić information content (AvgIpc) is 3.83. The first kappa shape index (κ1) is 25.1. The Balaban J connectivity index is 1.40. The van der Waals surface area contributed by atoms with Gasteiger partial charge in [-0.1, -0.05) is 35.6 Å². The highest BCUT2D eigenvalue weighted by Gasteiger charge is 2.67. The number of likely N-dealkylation sites (N-methyl/N-ethyl adjacent to an activating group) is 1. The Hall–Kier alpha value is -3.18. The highest BCUT2D eigenvalue weighted by Crippen LogP contribution is 2.51. The molecule has 0 radical (unpaired) electrons. The fraction of sp³-hybridized carbons (Fsp3) is 0.429. The molecule has 198 valence electrons. The summed E-state index contributed by atoms with van der Waals surface area (Å²) in [7, 11) is 2.11. The van der Waals surface area contributed by atoms with E-state index in [9.17, 15) is 9.59 Å². The van der Waals surface area contributed by atoms with E-state index in [0.717, 1.165) is 55.2 Å². The fourth-order valence-electron chi connectivity index (χ4n) is 5.23. The molecule has 6 rings (SSSR count). The SMILES string of the molecule is Cc1ccccc1-c1nnc(N(C(=O)C2(N3CCN(C)CC3)CC2OC2CC2)c2ccc(C(N)=O)cc2)s1. The lowest BCUT2D eigenvalue weighted by atomic mass is 10.1. The lowest BCUT2D eigenvalue weighted by molar-refractivity contribution is -0.127. The topological polar surface area (TPSA) is 105 Å². The monoisotopic (exact) mass is 532 g/mol. The zero-order valence-corrected chi connectivity index (χ0v) is 22.5. The number of hydrogen-bond donors (Lipinski definition) is 1. The number of primary amides is 1. The Bertz CT molecular complexity index is 1350. The predicted molar refractivity (Wildman–Crippen MR) is 147 cm³/mol. The normalized spacial score (nSPS) is 23.8. The molecule has 3 aliphatic rings. The number of carbonyl (C=O) groups is 2. The van der Waals surface area contributed by atoms with Crippen LogP contribution in [0.25, 0.3) is 10.6 Å². The van der Waals surface area contributed by atoms with Crippen LogP contribution in [0, 0.1) is 6.92 Å². The van der Waals surface area contributed by atoms with Gasteiger partial charge in [-0.3, -0.25) is 19.4 Å². The summed E-state index contributed by atoms with van der Waals surface area (Å²) in [5, 5.41) is 10.2. The summed E-state index contributed by atoms with van der Waals surface area (Å²) < 4.78 is 6.36. The molecule has 2 N–H and O–H groups in total.